The Morgan fingerprint density at radius 3 is 2.56 bits per heavy atom. The fourth-order valence-electron chi connectivity index (χ4n) is 3.45. The second-order valence-electron chi connectivity index (χ2n) is 5.74. The summed E-state index contributed by atoms with van der Waals surface area (Å²) in [6, 6.07) is 1.16. The molecule has 104 valence electrons. The SMILES string of the molecule is C=CCCCN1CCCC1CN1CCCC1CO. The van der Waals surface area contributed by atoms with Gasteiger partial charge in [-0.05, 0) is 58.2 Å². The molecule has 3 heteroatoms. The molecule has 2 rings (SSSR count). The van der Waals surface area contributed by atoms with Gasteiger partial charge in [0.2, 0.25) is 0 Å². The van der Waals surface area contributed by atoms with E-state index in [4.69, 9.17) is 0 Å². The molecule has 2 atom stereocenters. The molecular formula is C15H28N2O. The maximum absolute atomic E-state index is 9.38. The molecule has 2 unspecified atom stereocenters. The standard InChI is InChI=1S/C15H28N2O/c1-2-3-4-9-16-10-5-7-14(16)12-17-11-6-8-15(17)13-18/h2,14-15,18H,1,3-13H2. The van der Waals surface area contributed by atoms with Crippen molar-refractivity contribution < 1.29 is 5.11 Å². The van der Waals surface area contributed by atoms with E-state index in [1.54, 1.807) is 0 Å². The van der Waals surface area contributed by atoms with Crippen molar-refractivity contribution in [2.45, 2.75) is 50.6 Å². The first kappa shape index (κ1) is 14.0. The first-order valence-corrected chi connectivity index (χ1v) is 7.55. The number of hydrogen-bond acceptors (Lipinski definition) is 3. The molecule has 0 aromatic rings. The number of aliphatic hydroxyl groups is 1. The minimum absolute atomic E-state index is 0.336. The molecule has 0 aliphatic carbocycles. The van der Waals surface area contributed by atoms with E-state index in [0.717, 1.165) is 12.5 Å². The van der Waals surface area contributed by atoms with Crippen LogP contribution >= 0.6 is 0 Å². The monoisotopic (exact) mass is 252 g/mol. The Morgan fingerprint density at radius 2 is 1.83 bits per heavy atom. The van der Waals surface area contributed by atoms with Crippen molar-refractivity contribution in [3.63, 3.8) is 0 Å². The highest BCUT2D eigenvalue weighted by atomic mass is 16.3. The first-order valence-electron chi connectivity index (χ1n) is 7.55. The maximum atomic E-state index is 9.38. The molecule has 2 saturated heterocycles. The van der Waals surface area contributed by atoms with Gasteiger partial charge in [0.25, 0.3) is 0 Å². The van der Waals surface area contributed by atoms with Gasteiger partial charge in [-0.3, -0.25) is 9.80 Å². The summed E-state index contributed by atoms with van der Waals surface area (Å²) in [7, 11) is 0. The molecule has 2 aliphatic rings. The van der Waals surface area contributed by atoms with Crippen molar-refractivity contribution in [3.8, 4) is 0 Å². The van der Waals surface area contributed by atoms with Gasteiger partial charge in [0, 0.05) is 18.6 Å². The van der Waals surface area contributed by atoms with Crippen molar-refractivity contribution >= 4 is 0 Å². The summed E-state index contributed by atoms with van der Waals surface area (Å²) in [4.78, 5) is 5.16. The average molecular weight is 252 g/mol. The smallest absolute Gasteiger partial charge is 0.0586 e. The lowest BCUT2D eigenvalue weighted by molar-refractivity contribution is 0.122. The van der Waals surface area contributed by atoms with Gasteiger partial charge in [0.15, 0.2) is 0 Å². The number of hydrogen-bond donors (Lipinski definition) is 1. The number of likely N-dealkylation sites (tertiary alicyclic amines) is 2. The van der Waals surface area contributed by atoms with Crippen LogP contribution in [0.1, 0.15) is 38.5 Å². The van der Waals surface area contributed by atoms with Gasteiger partial charge in [-0.1, -0.05) is 6.08 Å². The predicted molar refractivity (Wildman–Crippen MR) is 75.7 cm³/mol. The zero-order valence-electron chi connectivity index (χ0n) is 11.6. The van der Waals surface area contributed by atoms with Gasteiger partial charge in [-0.15, -0.1) is 6.58 Å². The third kappa shape index (κ3) is 3.56. The summed E-state index contributed by atoms with van der Waals surface area (Å²) >= 11 is 0. The molecule has 0 amide bonds. The van der Waals surface area contributed by atoms with Gasteiger partial charge in [-0.2, -0.15) is 0 Å². The van der Waals surface area contributed by atoms with Gasteiger partial charge in [0.1, 0.15) is 0 Å². The number of aliphatic hydroxyl groups excluding tert-OH is 1. The van der Waals surface area contributed by atoms with Crippen molar-refractivity contribution in [1.29, 1.82) is 0 Å². The van der Waals surface area contributed by atoms with E-state index in [1.165, 1.54) is 58.3 Å². The zero-order valence-corrected chi connectivity index (χ0v) is 11.6. The van der Waals surface area contributed by atoms with Crippen LogP contribution < -0.4 is 0 Å². The third-order valence-corrected chi connectivity index (χ3v) is 4.51. The predicted octanol–water partition coefficient (Wildman–Crippen LogP) is 1.87. The summed E-state index contributed by atoms with van der Waals surface area (Å²) in [6.07, 6.45) is 9.51. The zero-order chi connectivity index (χ0) is 12.8. The van der Waals surface area contributed by atoms with Crippen LogP contribution in [0, 0.1) is 0 Å². The molecule has 0 aromatic heterocycles. The van der Waals surface area contributed by atoms with Crippen LogP contribution in [0.15, 0.2) is 12.7 Å². The summed E-state index contributed by atoms with van der Waals surface area (Å²) in [5.41, 5.74) is 0. The Balaban J connectivity index is 1.78. The van der Waals surface area contributed by atoms with E-state index in [1.807, 2.05) is 6.08 Å². The second kappa shape index (κ2) is 7.27. The van der Waals surface area contributed by atoms with E-state index in [2.05, 4.69) is 16.4 Å². The molecule has 0 radical (unpaired) electrons. The second-order valence-corrected chi connectivity index (χ2v) is 5.74. The molecule has 2 fully saturated rings. The van der Waals surface area contributed by atoms with Gasteiger partial charge >= 0.3 is 0 Å². The van der Waals surface area contributed by atoms with Crippen LogP contribution in [0.2, 0.25) is 0 Å². The Hall–Kier alpha value is -0.380. The summed E-state index contributed by atoms with van der Waals surface area (Å²) in [6.45, 7) is 8.96. The summed E-state index contributed by atoms with van der Waals surface area (Å²) in [5, 5.41) is 9.38. The van der Waals surface area contributed by atoms with Gasteiger partial charge in [-0.25, -0.2) is 0 Å². The largest absolute Gasteiger partial charge is 0.395 e. The summed E-state index contributed by atoms with van der Waals surface area (Å²) < 4.78 is 0. The van der Waals surface area contributed by atoms with Crippen molar-refractivity contribution in [2.75, 3.05) is 32.8 Å². The lowest BCUT2D eigenvalue weighted by Crippen LogP contribution is -2.43. The first-order chi connectivity index (χ1) is 8.85. The van der Waals surface area contributed by atoms with E-state index >= 15 is 0 Å². The molecule has 0 saturated carbocycles. The minimum atomic E-state index is 0.336. The van der Waals surface area contributed by atoms with Crippen LogP contribution in [-0.2, 0) is 0 Å². The highest BCUT2D eigenvalue weighted by molar-refractivity contribution is 4.87. The van der Waals surface area contributed by atoms with Crippen molar-refractivity contribution in [2.24, 2.45) is 0 Å². The molecule has 0 spiro atoms. The number of rotatable bonds is 7. The average Bonchev–Trinajstić information content (AvgIpc) is 3.00. The molecule has 2 heterocycles. The van der Waals surface area contributed by atoms with Crippen LogP contribution in [0.25, 0.3) is 0 Å². The highest BCUT2D eigenvalue weighted by Crippen LogP contribution is 2.23. The quantitative estimate of drug-likeness (QED) is 0.553. The number of allylic oxidation sites excluding steroid dienone is 1. The van der Waals surface area contributed by atoms with Crippen molar-refractivity contribution in [3.05, 3.63) is 12.7 Å². The molecule has 0 bridgehead atoms. The topological polar surface area (TPSA) is 26.7 Å². The van der Waals surface area contributed by atoms with E-state index in [-0.39, 0.29) is 0 Å². The third-order valence-electron chi connectivity index (χ3n) is 4.51. The summed E-state index contributed by atoms with van der Waals surface area (Å²) in [5.74, 6) is 0. The van der Waals surface area contributed by atoms with E-state index in [9.17, 15) is 5.11 Å². The van der Waals surface area contributed by atoms with Crippen LogP contribution in [0.3, 0.4) is 0 Å². The number of unbranched alkanes of at least 4 members (excludes halogenated alkanes) is 1. The molecule has 0 aromatic carbocycles. The lowest BCUT2D eigenvalue weighted by Gasteiger charge is -2.31. The Bertz CT molecular complexity index is 257. The van der Waals surface area contributed by atoms with Crippen LogP contribution in [0.5, 0.6) is 0 Å². The fraction of sp³-hybridized carbons (Fsp3) is 0.867. The Morgan fingerprint density at radius 1 is 1.11 bits per heavy atom. The van der Waals surface area contributed by atoms with E-state index in [0.29, 0.717) is 12.6 Å². The lowest BCUT2D eigenvalue weighted by atomic mass is 10.1. The van der Waals surface area contributed by atoms with Gasteiger partial charge < -0.3 is 5.11 Å². The molecule has 3 nitrogen and oxygen atoms in total. The Labute approximate surface area is 111 Å². The van der Waals surface area contributed by atoms with Crippen LogP contribution in [-0.4, -0.2) is 59.8 Å². The normalized spacial score (nSPS) is 30.1. The van der Waals surface area contributed by atoms with Gasteiger partial charge in [0.05, 0.1) is 6.61 Å². The van der Waals surface area contributed by atoms with Crippen molar-refractivity contribution in [1.82, 2.24) is 9.80 Å². The molecule has 18 heavy (non-hydrogen) atoms. The molecule has 2 aliphatic heterocycles. The highest BCUT2D eigenvalue weighted by Gasteiger charge is 2.30. The minimum Gasteiger partial charge on any atom is -0.395 e. The fourth-order valence-corrected chi connectivity index (χ4v) is 3.45. The Kier molecular flexibility index (Phi) is 5.67. The molecule has 1 N–H and O–H groups in total. The maximum Gasteiger partial charge on any atom is 0.0586 e. The van der Waals surface area contributed by atoms with E-state index < -0.39 is 0 Å². The van der Waals surface area contributed by atoms with Crippen LogP contribution in [0.4, 0.5) is 0 Å². The molecular weight excluding hydrogens is 224 g/mol. The number of nitrogens with zero attached hydrogens (tertiary/aromatic N) is 2.